The predicted molar refractivity (Wildman–Crippen MR) is 68.7 cm³/mol. The van der Waals surface area contributed by atoms with E-state index in [0.29, 0.717) is 5.69 Å². The lowest BCUT2D eigenvalue weighted by molar-refractivity contribution is 0.0786. The smallest absolute Gasteiger partial charge is 0.123 e. The number of aliphatic hydroxyl groups excluding tert-OH is 1. The average molecular weight is 249 g/mol. The second kappa shape index (κ2) is 4.56. The first-order valence-electron chi connectivity index (χ1n) is 5.39. The van der Waals surface area contributed by atoms with Crippen LogP contribution in [0.1, 0.15) is 25.1 Å². The molecule has 0 amide bonds. The highest BCUT2D eigenvalue weighted by atomic mass is 32.1. The van der Waals surface area contributed by atoms with Crippen molar-refractivity contribution < 1.29 is 10.2 Å². The van der Waals surface area contributed by atoms with Crippen LogP contribution < -0.4 is 0 Å². The Morgan fingerprint density at radius 3 is 2.35 bits per heavy atom. The van der Waals surface area contributed by atoms with Crippen LogP contribution in [0, 0.1) is 0 Å². The van der Waals surface area contributed by atoms with E-state index in [0.717, 1.165) is 16.1 Å². The van der Waals surface area contributed by atoms with Gasteiger partial charge in [0, 0.05) is 10.9 Å². The second-order valence-electron chi connectivity index (χ2n) is 4.44. The van der Waals surface area contributed by atoms with Crippen LogP contribution in [0.15, 0.2) is 29.6 Å². The molecular formula is C13H15NO2S. The van der Waals surface area contributed by atoms with Gasteiger partial charge < -0.3 is 10.2 Å². The number of nitrogens with zero attached hydrogens (tertiary/aromatic N) is 1. The fraction of sp³-hybridized carbons (Fsp3) is 0.308. The minimum Gasteiger partial charge on any atom is -0.390 e. The van der Waals surface area contributed by atoms with Crippen molar-refractivity contribution in [3.8, 4) is 10.6 Å². The van der Waals surface area contributed by atoms with Gasteiger partial charge in [0.2, 0.25) is 0 Å². The quantitative estimate of drug-likeness (QED) is 0.879. The minimum atomic E-state index is -0.822. The number of aliphatic hydroxyl groups is 2. The molecule has 0 unspecified atom stereocenters. The normalized spacial score (nSPS) is 11.8. The summed E-state index contributed by atoms with van der Waals surface area (Å²) < 4.78 is 0. The van der Waals surface area contributed by atoms with E-state index in [1.54, 1.807) is 13.8 Å². The molecule has 17 heavy (non-hydrogen) atoms. The molecule has 0 aliphatic rings. The number of thiazole rings is 1. The Balaban J connectivity index is 2.29. The zero-order valence-electron chi connectivity index (χ0n) is 9.84. The summed E-state index contributed by atoms with van der Waals surface area (Å²) >= 11 is 1.51. The molecule has 0 saturated carbocycles. The van der Waals surface area contributed by atoms with Crippen LogP contribution in [0.2, 0.25) is 0 Å². The van der Waals surface area contributed by atoms with Crippen molar-refractivity contribution in [2.45, 2.75) is 26.1 Å². The zero-order valence-corrected chi connectivity index (χ0v) is 10.7. The van der Waals surface area contributed by atoms with Crippen molar-refractivity contribution in [2.24, 2.45) is 0 Å². The molecule has 90 valence electrons. The van der Waals surface area contributed by atoms with Gasteiger partial charge in [-0.15, -0.1) is 11.3 Å². The lowest BCUT2D eigenvalue weighted by Crippen LogP contribution is -2.14. The predicted octanol–water partition coefficient (Wildman–Crippen LogP) is 2.53. The van der Waals surface area contributed by atoms with Crippen LogP contribution in [-0.4, -0.2) is 15.2 Å². The van der Waals surface area contributed by atoms with Crippen molar-refractivity contribution in [2.75, 3.05) is 0 Å². The third kappa shape index (κ3) is 2.72. The fourth-order valence-corrected chi connectivity index (χ4v) is 2.35. The number of hydrogen-bond acceptors (Lipinski definition) is 4. The third-order valence-electron chi connectivity index (χ3n) is 2.55. The Labute approximate surface area is 104 Å². The van der Waals surface area contributed by atoms with E-state index < -0.39 is 5.60 Å². The van der Waals surface area contributed by atoms with Gasteiger partial charge in [0.15, 0.2) is 0 Å². The summed E-state index contributed by atoms with van der Waals surface area (Å²) in [6.45, 7) is 3.49. The standard InChI is InChI=1S/C13H15NO2S/c1-13(2,16)10-5-3-9(4-6-10)12-14-11(7-15)8-17-12/h3-6,8,15-16H,7H2,1-2H3. The third-order valence-corrected chi connectivity index (χ3v) is 3.49. The zero-order chi connectivity index (χ0) is 12.5. The molecule has 0 spiro atoms. The van der Waals surface area contributed by atoms with E-state index in [1.165, 1.54) is 11.3 Å². The number of aromatic nitrogens is 1. The molecule has 1 aromatic heterocycles. The van der Waals surface area contributed by atoms with E-state index in [9.17, 15) is 5.11 Å². The van der Waals surface area contributed by atoms with Gasteiger partial charge in [0.1, 0.15) is 5.01 Å². The molecule has 3 nitrogen and oxygen atoms in total. The van der Waals surface area contributed by atoms with Crippen LogP contribution in [0.3, 0.4) is 0 Å². The van der Waals surface area contributed by atoms with Gasteiger partial charge in [-0.3, -0.25) is 0 Å². The van der Waals surface area contributed by atoms with E-state index in [1.807, 2.05) is 29.6 Å². The summed E-state index contributed by atoms with van der Waals surface area (Å²) in [5.74, 6) is 0. The molecular weight excluding hydrogens is 234 g/mol. The summed E-state index contributed by atoms with van der Waals surface area (Å²) in [6.07, 6.45) is 0. The molecule has 0 bridgehead atoms. The van der Waals surface area contributed by atoms with Gasteiger partial charge in [-0.2, -0.15) is 0 Å². The van der Waals surface area contributed by atoms with Gasteiger partial charge in [0.05, 0.1) is 17.9 Å². The maximum Gasteiger partial charge on any atom is 0.123 e. The van der Waals surface area contributed by atoms with Crippen molar-refractivity contribution in [1.29, 1.82) is 0 Å². The molecule has 0 atom stereocenters. The first-order chi connectivity index (χ1) is 8.00. The maximum atomic E-state index is 9.85. The van der Waals surface area contributed by atoms with Crippen LogP contribution in [-0.2, 0) is 12.2 Å². The lowest BCUT2D eigenvalue weighted by atomic mass is 9.97. The molecule has 4 heteroatoms. The minimum absolute atomic E-state index is 0.0295. The summed E-state index contributed by atoms with van der Waals surface area (Å²) in [5, 5.41) is 21.5. The Morgan fingerprint density at radius 2 is 1.88 bits per heavy atom. The van der Waals surface area contributed by atoms with Crippen molar-refractivity contribution in [1.82, 2.24) is 4.98 Å². The van der Waals surface area contributed by atoms with E-state index in [2.05, 4.69) is 4.98 Å². The highest BCUT2D eigenvalue weighted by Gasteiger charge is 2.15. The monoisotopic (exact) mass is 249 g/mol. The summed E-state index contributed by atoms with van der Waals surface area (Å²) in [6, 6.07) is 7.67. The molecule has 2 N–H and O–H groups in total. The molecule has 1 aromatic carbocycles. The van der Waals surface area contributed by atoms with Gasteiger partial charge in [-0.05, 0) is 19.4 Å². The molecule has 1 heterocycles. The fourth-order valence-electron chi connectivity index (χ4n) is 1.53. The van der Waals surface area contributed by atoms with Crippen LogP contribution >= 0.6 is 11.3 Å². The SMILES string of the molecule is CC(C)(O)c1ccc(-c2nc(CO)cs2)cc1. The Bertz CT molecular complexity index is 497. The molecule has 0 saturated heterocycles. The van der Waals surface area contributed by atoms with Gasteiger partial charge in [-0.1, -0.05) is 24.3 Å². The first-order valence-corrected chi connectivity index (χ1v) is 6.27. The van der Waals surface area contributed by atoms with Gasteiger partial charge in [0.25, 0.3) is 0 Å². The molecule has 0 fully saturated rings. The Kier molecular flexibility index (Phi) is 3.28. The Morgan fingerprint density at radius 1 is 1.24 bits per heavy atom. The molecule has 2 rings (SSSR count). The molecule has 0 aliphatic heterocycles. The van der Waals surface area contributed by atoms with Crippen LogP contribution in [0.25, 0.3) is 10.6 Å². The molecule has 0 radical (unpaired) electrons. The second-order valence-corrected chi connectivity index (χ2v) is 5.30. The summed E-state index contributed by atoms with van der Waals surface area (Å²) in [7, 11) is 0. The van der Waals surface area contributed by atoms with Crippen molar-refractivity contribution in [3.63, 3.8) is 0 Å². The maximum absolute atomic E-state index is 9.85. The Hall–Kier alpha value is -1.23. The van der Waals surface area contributed by atoms with Crippen molar-refractivity contribution >= 4 is 11.3 Å². The summed E-state index contributed by atoms with van der Waals surface area (Å²) in [5.41, 5.74) is 1.75. The van der Waals surface area contributed by atoms with Crippen molar-refractivity contribution in [3.05, 3.63) is 40.9 Å². The average Bonchev–Trinajstić information content (AvgIpc) is 2.76. The first kappa shape index (κ1) is 12.2. The van der Waals surface area contributed by atoms with Crippen LogP contribution in [0.5, 0.6) is 0 Å². The molecule has 2 aromatic rings. The molecule has 0 aliphatic carbocycles. The van der Waals surface area contributed by atoms with Gasteiger partial charge >= 0.3 is 0 Å². The van der Waals surface area contributed by atoms with Crippen LogP contribution in [0.4, 0.5) is 0 Å². The van der Waals surface area contributed by atoms with Gasteiger partial charge in [-0.25, -0.2) is 4.98 Å². The highest BCUT2D eigenvalue weighted by molar-refractivity contribution is 7.13. The number of hydrogen-bond donors (Lipinski definition) is 2. The van der Waals surface area contributed by atoms with E-state index in [4.69, 9.17) is 5.11 Å². The summed E-state index contributed by atoms with van der Waals surface area (Å²) in [4.78, 5) is 4.30. The van der Waals surface area contributed by atoms with E-state index >= 15 is 0 Å². The number of rotatable bonds is 3. The lowest BCUT2D eigenvalue weighted by Gasteiger charge is -2.17. The largest absolute Gasteiger partial charge is 0.390 e. The highest BCUT2D eigenvalue weighted by Crippen LogP contribution is 2.26. The van der Waals surface area contributed by atoms with E-state index in [-0.39, 0.29) is 6.61 Å². The number of benzene rings is 1. The topological polar surface area (TPSA) is 53.4 Å².